The Hall–Kier alpha value is -0.830. The summed E-state index contributed by atoms with van der Waals surface area (Å²) in [5, 5.41) is 20.9. The lowest BCUT2D eigenvalue weighted by Gasteiger charge is -2.63. The first-order chi connectivity index (χ1) is 10.8. The van der Waals surface area contributed by atoms with E-state index in [-0.39, 0.29) is 22.9 Å². The molecule has 0 heterocycles. The summed E-state index contributed by atoms with van der Waals surface area (Å²) in [6.45, 7) is 8.53. The van der Waals surface area contributed by atoms with Crippen LogP contribution in [0.4, 0.5) is 0 Å². The lowest BCUT2D eigenvalue weighted by molar-refractivity contribution is -0.190. The third kappa shape index (κ3) is 1.72. The zero-order chi connectivity index (χ0) is 16.6. The number of carboxylic acid groups (broad SMARTS) is 1. The Bertz CT molecular complexity index is 569. The standard InChI is InChI=1S/C20H30O3/c1-12-13-5-6-15-18(2)8-4-9-19(3,17(22)23)14(18)7-10-20(15,11-13)16(12)21/h13-16,21H,1,4-11H2,2-3H3,(H,22,23)/t13-,14+,15+,16-,18-,19+,20-/m1/s1. The second kappa shape index (κ2) is 4.62. The second-order valence-corrected chi connectivity index (χ2v) is 9.41. The molecule has 1 spiro atoms. The van der Waals surface area contributed by atoms with Gasteiger partial charge in [0, 0.05) is 5.41 Å². The molecule has 0 aromatic carbocycles. The van der Waals surface area contributed by atoms with Gasteiger partial charge in [-0.3, -0.25) is 4.79 Å². The zero-order valence-electron chi connectivity index (χ0n) is 14.5. The van der Waals surface area contributed by atoms with Crippen molar-refractivity contribution in [1.29, 1.82) is 0 Å². The van der Waals surface area contributed by atoms with E-state index >= 15 is 0 Å². The molecule has 0 aromatic rings. The molecule has 0 unspecified atom stereocenters. The summed E-state index contributed by atoms with van der Waals surface area (Å²) in [7, 11) is 0. The van der Waals surface area contributed by atoms with Gasteiger partial charge in [0.2, 0.25) is 0 Å². The van der Waals surface area contributed by atoms with E-state index < -0.39 is 11.4 Å². The Morgan fingerprint density at radius 2 is 1.87 bits per heavy atom. The SMILES string of the molecule is C=C1[C@@H]2CC[C@H]3[C@]4(C)CCC[C@](C)(C(=O)O)[C@H]4CC[C@]3(C2)[C@@H]1O. The monoisotopic (exact) mass is 318 g/mol. The number of rotatable bonds is 1. The van der Waals surface area contributed by atoms with Crippen LogP contribution in [0.3, 0.4) is 0 Å². The summed E-state index contributed by atoms with van der Waals surface area (Å²) < 4.78 is 0. The Balaban J connectivity index is 1.78. The van der Waals surface area contributed by atoms with Crippen LogP contribution in [-0.2, 0) is 4.79 Å². The van der Waals surface area contributed by atoms with Gasteiger partial charge in [0.15, 0.2) is 0 Å². The molecule has 3 nitrogen and oxygen atoms in total. The van der Waals surface area contributed by atoms with Crippen molar-refractivity contribution in [2.75, 3.05) is 0 Å². The van der Waals surface area contributed by atoms with Crippen molar-refractivity contribution in [2.24, 2.45) is 34.0 Å². The number of fused-ring (bicyclic) bond motifs is 3. The molecule has 4 aliphatic carbocycles. The first-order valence-corrected chi connectivity index (χ1v) is 9.36. The van der Waals surface area contributed by atoms with E-state index in [2.05, 4.69) is 13.5 Å². The first-order valence-electron chi connectivity index (χ1n) is 9.36. The molecule has 4 fully saturated rings. The third-order valence-corrected chi connectivity index (χ3v) is 8.70. The molecule has 0 amide bonds. The molecule has 4 aliphatic rings. The lowest BCUT2D eigenvalue weighted by Crippen LogP contribution is -2.60. The molecule has 23 heavy (non-hydrogen) atoms. The van der Waals surface area contributed by atoms with Gasteiger partial charge in [-0.15, -0.1) is 0 Å². The molecule has 0 aliphatic heterocycles. The van der Waals surface area contributed by atoms with E-state index in [4.69, 9.17) is 0 Å². The van der Waals surface area contributed by atoms with Gasteiger partial charge in [-0.25, -0.2) is 0 Å². The smallest absolute Gasteiger partial charge is 0.309 e. The lowest BCUT2D eigenvalue weighted by atomic mass is 9.40. The minimum absolute atomic E-state index is 0.0119. The molecular formula is C20H30O3. The Kier molecular flexibility index (Phi) is 3.15. The van der Waals surface area contributed by atoms with Gasteiger partial charge in [-0.1, -0.05) is 19.9 Å². The molecule has 7 atom stereocenters. The van der Waals surface area contributed by atoms with Crippen LogP contribution in [0.2, 0.25) is 0 Å². The number of carboxylic acids is 1. The van der Waals surface area contributed by atoms with E-state index in [9.17, 15) is 15.0 Å². The van der Waals surface area contributed by atoms with Crippen molar-refractivity contribution in [2.45, 2.75) is 71.3 Å². The van der Waals surface area contributed by atoms with E-state index in [0.717, 1.165) is 56.9 Å². The fraction of sp³-hybridized carbons (Fsp3) is 0.850. The van der Waals surface area contributed by atoms with Crippen LogP contribution in [0.25, 0.3) is 0 Å². The predicted molar refractivity (Wildman–Crippen MR) is 88.8 cm³/mol. The third-order valence-electron chi connectivity index (χ3n) is 8.70. The molecule has 4 saturated carbocycles. The Morgan fingerprint density at radius 1 is 1.13 bits per heavy atom. The second-order valence-electron chi connectivity index (χ2n) is 9.41. The van der Waals surface area contributed by atoms with Crippen LogP contribution < -0.4 is 0 Å². The van der Waals surface area contributed by atoms with Crippen molar-refractivity contribution in [3.8, 4) is 0 Å². The van der Waals surface area contributed by atoms with Crippen molar-refractivity contribution in [1.82, 2.24) is 0 Å². The highest BCUT2D eigenvalue weighted by Gasteiger charge is 2.67. The quantitative estimate of drug-likeness (QED) is 0.718. The van der Waals surface area contributed by atoms with Crippen LogP contribution in [0.5, 0.6) is 0 Å². The molecule has 0 radical (unpaired) electrons. The number of carbonyl (C=O) groups is 1. The number of hydrogen-bond donors (Lipinski definition) is 2. The molecule has 2 N–H and O–H groups in total. The van der Waals surface area contributed by atoms with Gasteiger partial charge in [-0.05, 0) is 80.6 Å². The minimum Gasteiger partial charge on any atom is -0.481 e. The molecule has 0 saturated heterocycles. The predicted octanol–water partition coefficient (Wildman–Crippen LogP) is 4.01. The van der Waals surface area contributed by atoms with Gasteiger partial charge in [-0.2, -0.15) is 0 Å². The molecular weight excluding hydrogens is 288 g/mol. The van der Waals surface area contributed by atoms with Crippen LogP contribution in [0.15, 0.2) is 12.2 Å². The minimum atomic E-state index is -0.616. The van der Waals surface area contributed by atoms with Crippen molar-refractivity contribution in [3.05, 3.63) is 12.2 Å². The number of aliphatic hydroxyl groups is 1. The van der Waals surface area contributed by atoms with Crippen LogP contribution in [0, 0.1) is 34.0 Å². The highest BCUT2D eigenvalue weighted by Crippen LogP contribution is 2.72. The topological polar surface area (TPSA) is 57.5 Å². The summed E-state index contributed by atoms with van der Waals surface area (Å²) in [6.07, 6.45) is 7.86. The van der Waals surface area contributed by atoms with E-state index in [0.29, 0.717) is 11.8 Å². The number of hydrogen-bond acceptors (Lipinski definition) is 2. The molecule has 2 bridgehead atoms. The fourth-order valence-corrected chi connectivity index (χ4v) is 7.62. The summed E-state index contributed by atoms with van der Waals surface area (Å²) >= 11 is 0. The summed E-state index contributed by atoms with van der Waals surface area (Å²) in [5.74, 6) is 0.581. The number of aliphatic hydroxyl groups excluding tert-OH is 1. The zero-order valence-corrected chi connectivity index (χ0v) is 14.5. The van der Waals surface area contributed by atoms with Gasteiger partial charge < -0.3 is 10.2 Å². The average molecular weight is 318 g/mol. The van der Waals surface area contributed by atoms with Gasteiger partial charge in [0.05, 0.1) is 11.5 Å². The summed E-state index contributed by atoms with van der Waals surface area (Å²) in [5.41, 5.74) is 0.514. The molecule has 3 heteroatoms. The fourth-order valence-electron chi connectivity index (χ4n) is 7.62. The maximum Gasteiger partial charge on any atom is 0.309 e. The van der Waals surface area contributed by atoms with Crippen molar-refractivity contribution >= 4 is 5.97 Å². The van der Waals surface area contributed by atoms with Gasteiger partial charge in [0.1, 0.15) is 0 Å². The maximum atomic E-state index is 12.0. The maximum absolute atomic E-state index is 12.0. The van der Waals surface area contributed by atoms with E-state index in [1.807, 2.05) is 6.92 Å². The van der Waals surface area contributed by atoms with Crippen LogP contribution >= 0.6 is 0 Å². The van der Waals surface area contributed by atoms with Crippen molar-refractivity contribution < 1.29 is 15.0 Å². The Morgan fingerprint density at radius 3 is 2.57 bits per heavy atom. The average Bonchev–Trinajstić information content (AvgIpc) is 2.68. The molecule has 0 aromatic heterocycles. The van der Waals surface area contributed by atoms with Crippen molar-refractivity contribution in [3.63, 3.8) is 0 Å². The summed E-state index contributed by atoms with van der Waals surface area (Å²) in [4.78, 5) is 12.0. The number of aliphatic carboxylic acids is 1. The largest absolute Gasteiger partial charge is 0.481 e. The van der Waals surface area contributed by atoms with Gasteiger partial charge in [0.25, 0.3) is 0 Å². The van der Waals surface area contributed by atoms with Crippen LogP contribution in [0.1, 0.15) is 65.2 Å². The first kappa shape index (κ1) is 15.7. The molecule has 4 rings (SSSR count). The van der Waals surface area contributed by atoms with E-state index in [1.54, 1.807) is 0 Å². The normalized spacial score (nSPS) is 55.2. The summed E-state index contributed by atoms with van der Waals surface area (Å²) in [6, 6.07) is 0. The highest BCUT2D eigenvalue weighted by atomic mass is 16.4. The van der Waals surface area contributed by atoms with Gasteiger partial charge >= 0.3 is 5.97 Å². The molecule has 128 valence electrons. The Labute approximate surface area is 139 Å². The van der Waals surface area contributed by atoms with E-state index in [1.165, 1.54) is 0 Å². The van der Waals surface area contributed by atoms with Crippen LogP contribution in [-0.4, -0.2) is 22.3 Å². The highest BCUT2D eigenvalue weighted by molar-refractivity contribution is 5.75.